The highest BCUT2D eigenvalue weighted by Crippen LogP contribution is 2.26. The normalized spacial score (nSPS) is 12.5. The van der Waals surface area contributed by atoms with Crippen LogP contribution in [-0.2, 0) is 24.2 Å². The molecule has 0 heterocycles. The van der Waals surface area contributed by atoms with Crippen LogP contribution >= 0.6 is 0 Å². The molecule has 0 aliphatic carbocycles. The van der Waals surface area contributed by atoms with Gasteiger partial charge in [-0.1, -0.05) is 39.0 Å². The summed E-state index contributed by atoms with van der Waals surface area (Å²) in [7, 11) is -3.54. The minimum absolute atomic E-state index is 0.0409. The molecule has 0 unspecified atom stereocenters. The molecule has 0 saturated heterocycles. The third-order valence-corrected chi connectivity index (χ3v) is 5.22. The van der Waals surface area contributed by atoms with Gasteiger partial charge in [0.15, 0.2) is 16.4 Å². The Morgan fingerprint density at radius 1 is 1.04 bits per heavy atom. The smallest absolute Gasteiger partial charge is 0.307 e. The quantitative estimate of drug-likeness (QED) is 0.697. The van der Waals surface area contributed by atoms with Crippen LogP contribution in [0, 0.1) is 5.41 Å². The predicted molar refractivity (Wildman–Crippen MR) is 100 cm³/mol. The van der Waals surface area contributed by atoms with E-state index in [0.717, 1.165) is 6.42 Å². The zero-order chi connectivity index (χ0) is 20.0. The van der Waals surface area contributed by atoms with Crippen LogP contribution in [0.25, 0.3) is 0 Å². The summed E-state index contributed by atoms with van der Waals surface area (Å²) in [5.41, 5.74) is -0.391. The molecule has 0 radical (unpaired) electrons. The molecule has 0 aromatic heterocycles. The van der Waals surface area contributed by atoms with E-state index in [0.29, 0.717) is 0 Å². The van der Waals surface area contributed by atoms with Crippen molar-refractivity contribution in [3.05, 3.63) is 30.3 Å². The molecule has 0 atom stereocenters. The van der Waals surface area contributed by atoms with Gasteiger partial charge in [-0.3, -0.25) is 9.59 Å². The highest BCUT2D eigenvalue weighted by Gasteiger charge is 2.27. The molecule has 6 nitrogen and oxygen atoms in total. The molecule has 0 spiro atoms. The first kappa shape index (κ1) is 22.2. The lowest BCUT2D eigenvalue weighted by Crippen LogP contribution is -2.47. The molecule has 1 rings (SSSR count). The van der Waals surface area contributed by atoms with E-state index in [-0.39, 0.29) is 22.5 Å². The Hall–Kier alpha value is -1.89. The van der Waals surface area contributed by atoms with Gasteiger partial charge < -0.3 is 10.1 Å². The maximum absolute atomic E-state index is 12.1. The van der Waals surface area contributed by atoms with Gasteiger partial charge >= 0.3 is 5.97 Å². The number of esters is 1. The van der Waals surface area contributed by atoms with Crippen LogP contribution in [0.5, 0.6) is 0 Å². The Kier molecular flexibility index (Phi) is 7.38. The molecular weight excluding hydrogens is 354 g/mol. The molecular formula is C19H29NO5S. The predicted octanol–water partition coefficient (Wildman–Crippen LogP) is 2.72. The van der Waals surface area contributed by atoms with Crippen molar-refractivity contribution in [3.8, 4) is 0 Å². The number of benzene rings is 1. The lowest BCUT2D eigenvalue weighted by Gasteiger charge is -2.33. The highest BCUT2D eigenvalue weighted by molar-refractivity contribution is 7.91. The van der Waals surface area contributed by atoms with Crippen molar-refractivity contribution >= 4 is 21.7 Å². The molecule has 0 bridgehead atoms. The van der Waals surface area contributed by atoms with Crippen LogP contribution in [0.2, 0.25) is 0 Å². The summed E-state index contributed by atoms with van der Waals surface area (Å²) in [5.74, 6) is -1.47. The van der Waals surface area contributed by atoms with E-state index >= 15 is 0 Å². The number of sulfone groups is 1. The summed E-state index contributed by atoms with van der Waals surface area (Å²) in [5, 5.41) is 2.83. The second-order valence-corrected chi connectivity index (χ2v) is 10.3. The number of carbonyl (C=O) groups is 2. The minimum Gasteiger partial charge on any atom is -0.456 e. The average Bonchev–Trinajstić information content (AvgIpc) is 2.49. The van der Waals surface area contributed by atoms with E-state index < -0.39 is 33.9 Å². The average molecular weight is 384 g/mol. The first-order chi connectivity index (χ1) is 11.8. The Bertz CT molecular complexity index is 718. The van der Waals surface area contributed by atoms with Gasteiger partial charge in [0.25, 0.3) is 5.91 Å². The zero-order valence-corrected chi connectivity index (χ0v) is 17.0. The molecule has 1 aromatic rings. The lowest BCUT2D eigenvalue weighted by atomic mass is 9.82. The van der Waals surface area contributed by atoms with Crippen molar-refractivity contribution < 1.29 is 22.7 Å². The largest absolute Gasteiger partial charge is 0.456 e. The van der Waals surface area contributed by atoms with Crippen LogP contribution in [-0.4, -0.2) is 38.2 Å². The molecule has 7 heteroatoms. The number of hydrogen-bond acceptors (Lipinski definition) is 5. The third kappa shape index (κ3) is 8.47. The number of carbonyl (C=O) groups excluding carboxylic acids is 2. The topological polar surface area (TPSA) is 89.5 Å². The first-order valence-corrected chi connectivity index (χ1v) is 10.2. The molecule has 0 aliphatic rings. The van der Waals surface area contributed by atoms with Crippen LogP contribution in [0.4, 0.5) is 0 Å². The van der Waals surface area contributed by atoms with Gasteiger partial charge in [-0.25, -0.2) is 8.42 Å². The van der Waals surface area contributed by atoms with E-state index in [4.69, 9.17) is 4.74 Å². The van der Waals surface area contributed by atoms with E-state index in [2.05, 4.69) is 26.1 Å². The van der Waals surface area contributed by atoms with Gasteiger partial charge in [0.1, 0.15) is 0 Å². The minimum atomic E-state index is -3.54. The van der Waals surface area contributed by atoms with Crippen molar-refractivity contribution in [2.75, 3.05) is 12.4 Å². The van der Waals surface area contributed by atoms with Crippen molar-refractivity contribution in [2.24, 2.45) is 5.41 Å². The standard InChI is InChI=1S/C19H29NO5S/c1-18(2,3)14-19(4,5)20-16(21)13-25-17(22)11-12-26(23,24)15-9-7-6-8-10-15/h6-10H,11-14H2,1-5H3,(H,20,21). The zero-order valence-electron chi connectivity index (χ0n) is 16.2. The number of rotatable bonds is 8. The molecule has 0 fully saturated rings. The number of nitrogens with one attached hydrogen (secondary N) is 1. The second kappa shape index (κ2) is 8.66. The summed E-state index contributed by atoms with van der Waals surface area (Å²) < 4.78 is 29.1. The fourth-order valence-corrected chi connectivity index (χ4v) is 4.21. The first-order valence-electron chi connectivity index (χ1n) is 8.55. The summed E-state index contributed by atoms with van der Waals surface area (Å²) in [6.45, 7) is 9.63. The van der Waals surface area contributed by atoms with Crippen LogP contribution in [0.3, 0.4) is 0 Å². The second-order valence-electron chi connectivity index (χ2n) is 8.21. The summed E-state index contributed by atoms with van der Waals surface area (Å²) in [4.78, 5) is 23.9. The van der Waals surface area contributed by atoms with Crippen molar-refractivity contribution in [3.63, 3.8) is 0 Å². The number of ether oxygens (including phenoxy) is 1. The van der Waals surface area contributed by atoms with Crippen LogP contribution < -0.4 is 5.32 Å². The molecule has 1 amide bonds. The van der Waals surface area contributed by atoms with Crippen molar-refractivity contribution in [1.29, 1.82) is 0 Å². The maximum Gasteiger partial charge on any atom is 0.307 e. The van der Waals surface area contributed by atoms with Gasteiger partial charge in [-0.05, 0) is 37.8 Å². The van der Waals surface area contributed by atoms with Gasteiger partial charge in [0.05, 0.1) is 17.1 Å². The number of amides is 1. The fourth-order valence-electron chi connectivity index (χ4n) is 2.97. The summed E-state index contributed by atoms with van der Waals surface area (Å²) >= 11 is 0. The SMILES string of the molecule is CC(C)(C)CC(C)(C)NC(=O)COC(=O)CCS(=O)(=O)c1ccccc1. The van der Waals surface area contributed by atoms with Crippen LogP contribution in [0.1, 0.15) is 47.5 Å². The van der Waals surface area contributed by atoms with Gasteiger partial charge in [0.2, 0.25) is 0 Å². The highest BCUT2D eigenvalue weighted by atomic mass is 32.2. The van der Waals surface area contributed by atoms with E-state index in [1.165, 1.54) is 12.1 Å². The third-order valence-electron chi connectivity index (χ3n) is 3.49. The molecule has 26 heavy (non-hydrogen) atoms. The van der Waals surface area contributed by atoms with Gasteiger partial charge in [-0.2, -0.15) is 0 Å². The monoisotopic (exact) mass is 383 g/mol. The van der Waals surface area contributed by atoms with Crippen LogP contribution in [0.15, 0.2) is 35.2 Å². The molecule has 146 valence electrons. The lowest BCUT2D eigenvalue weighted by molar-refractivity contribution is -0.148. The van der Waals surface area contributed by atoms with Gasteiger partial charge in [0, 0.05) is 5.54 Å². The summed E-state index contributed by atoms with van der Waals surface area (Å²) in [6, 6.07) is 7.91. The Labute approximate surface area is 156 Å². The van der Waals surface area contributed by atoms with E-state index in [1.54, 1.807) is 18.2 Å². The Morgan fingerprint density at radius 2 is 1.62 bits per heavy atom. The number of hydrogen-bond donors (Lipinski definition) is 1. The van der Waals surface area contributed by atoms with Gasteiger partial charge in [-0.15, -0.1) is 0 Å². The Morgan fingerprint density at radius 3 is 2.15 bits per heavy atom. The molecule has 1 aromatic carbocycles. The molecule has 0 saturated carbocycles. The summed E-state index contributed by atoms with van der Waals surface area (Å²) in [6.07, 6.45) is 0.463. The van der Waals surface area contributed by atoms with E-state index in [9.17, 15) is 18.0 Å². The fraction of sp³-hybridized carbons (Fsp3) is 0.579. The van der Waals surface area contributed by atoms with Crippen molar-refractivity contribution in [2.45, 2.75) is 57.9 Å². The molecule has 0 aliphatic heterocycles. The Balaban J connectivity index is 2.44. The van der Waals surface area contributed by atoms with Crippen molar-refractivity contribution in [1.82, 2.24) is 5.32 Å². The van der Waals surface area contributed by atoms with E-state index in [1.807, 2.05) is 13.8 Å². The maximum atomic E-state index is 12.1. The molecule has 1 N–H and O–H groups in total.